The Morgan fingerprint density at radius 1 is 1.33 bits per heavy atom. The number of rotatable bonds is 1. The van der Waals surface area contributed by atoms with Gasteiger partial charge in [-0.15, -0.1) is 0 Å². The van der Waals surface area contributed by atoms with E-state index in [1.165, 1.54) is 0 Å². The van der Waals surface area contributed by atoms with Crippen molar-refractivity contribution in [3.05, 3.63) is 33.0 Å². The van der Waals surface area contributed by atoms with Gasteiger partial charge in [0.1, 0.15) is 5.82 Å². The van der Waals surface area contributed by atoms with Crippen LogP contribution in [0.1, 0.15) is 45.1 Å². The van der Waals surface area contributed by atoms with Gasteiger partial charge in [-0.1, -0.05) is 31.5 Å². The Balaban J connectivity index is 2.44. The summed E-state index contributed by atoms with van der Waals surface area (Å²) in [5, 5.41) is 10.8. The molecular formula is C14H17BrClFO. The summed E-state index contributed by atoms with van der Waals surface area (Å²) in [7, 11) is 0. The van der Waals surface area contributed by atoms with E-state index in [2.05, 4.69) is 29.8 Å². The van der Waals surface area contributed by atoms with Crippen LogP contribution in [0, 0.1) is 11.2 Å². The highest BCUT2D eigenvalue weighted by atomic mass is 79.9. The molecule has 1 aliphatic rings. The maximum Gasteiger partial charge on any atom is 0.149 e. The first-order valence-electron chi connectivity index (χ1n) is 6.12. The first kappa shape index (κ1) is 14.3. The number of hydrogen-bond donors (Lipinski definition) is 1. The fourth-order valence-corrected chi connectivity index (χ4v) is 3.41. The predicted octanol–water partition coefficient (Wildman–Crippen LogP) is 5.03. The molecule has 1 atom stereocenters. The summed E-state index contributed by atoms with van der Waals surface area (Å²) >= 11 is 9.09. The van der Waals surface area contributed by atoms with Crippen molar-refractivity contribution in [3.63, 3.8) is 0 Å². The molecule has 1 aromatic carbocycles. The van der Waals surface area contributed by atoms with Crippen LogP contribution >= 0.6 is 27.5 Å². The molecule has 1 fully saturated rings. The van der Waals surface area contributed by atoms with E-state index in [1.807, 2.05) is 0 Å². The zero-order valence-electron chi connectivity index (χ0n) is 10.6. The van der Waals surface area contributed by atoms with Crippen LogP contribution in [0.3, 0.4) is 0 Å². The molecule has 1 nitrogen and oxygen atoms in total. The van der Waals surface area contributed by atoms with E-state index in [-0.39, 0.29) is 10.4 Å². The first-order chi connectivity index (χ1) is 8.25. The van der Waals surface area contributed by atoms with Gasteiger partial charge in [0.05, 0.1) is 10.6 Å². The Morgan fingerprint density at radius 3 is 2.61 bits per heavy atom. The number of hydrogen-bond acceptors (Lipinski definition) is 1. The molecule has 2 rings (SSSR count). The second-order valence-corrected chi connectivity index (χ2v) is 7.18. The van der Waals surface area contributed by atoms with Crippen LogP contribution in [0.4, 0.5) is 4.39 Å². The molecule has 0 heterocycles. The molecule has 18 heavy (non-hydrogen) atoms. The van der Waals surface area contributed by atoms with Crippen molar-refractivity contribution >= 4 is 27.5 Å². The molecule has 1 aliphatic carbocycles. The van der Waals surface area contributed by atoms with E-state index in [0.29, 0.717) is 22.9 Å². The van der Waals surface area contributed by atoms with Crippen molar-refractivity contribution in [2.45, 2.75) is 45.1 Å². The van der Waals surface area contributed by atoms with E-state index in [0.717, 1.165) is 12.8 Å². The molecule has 0 amide bonds. The second-order valence-electron chi connectivity index (χ2n) is 5.95. The van der Waals surface area contributed by atoms with Crippen LogP contribution in [-0.4, -0.2) is 5.11 Å². The lowest BCUT2D eigenvalue weighted by Crippen LogP contribution is -2.37. The van der Waals surface area contributed by atoms with Gasteiger partial charge in [-0.3, -0.25) is 0 Å². The van der Waals surface area contributed by atoms with E-state index in [4.69, 9.17) is 11.6 Å². The highest BCUT2D eigenvalue weighted by molar-refractivity contribution is 9.10. The smallest absolute Gasteiger partial charge is 0.149 e. The minimum absolute atomic E-state index is 0.0268. The maximum absolute atomic E-state index is 14.2. The summed E-state index contributed by atoms with van der Waals surface area (Å²) < 4.78 is 14.7. The fraction of sp³-hybridized carbons (Fsp3) is 0.571. The van der Waals surface area contributed by atoms with Gasteiger partial charge in [0.25, 0.3) is 0 Å². The molecule has 1 N–H and O–H groups in total. The zero-order chi connectivity index (χ0) is 13.6. The van der Waals surface area contributed by atoms with Crippen molar-refractivity contribution in [2.75, 3.05) is 0 Å². The highest BCUT2D eigenvalue weighted by Gasteiger charge is 2.41. The van der Waals surface area contributed by atoms with Gasteiger partial charge in [-0.2, -0.15) is 0 Å². The van der Waals surface area contributed by atoms with Crippen LogP contribution in [0.2, 0.25) is 5.02 Å². The quantitative estimate of drug-likeness (QED) is 0.714. The average molecular weight is 336 g/mol. The third-order valence-electron chi connectivity index (χ3n) is 3.75. The lowest BCUT2D eigenvalue weighted by molar-refractivity contribution is -0.0464. The van der Waals surface area contributed by atoms with Crippen molar-refractivity contribution in [1.29, 1.82) is 0 Å². The highest BCUT2D eigenvalue weighted by Crippen LogP contribution is 2.47. The summed E-state index contributed by atoms with van der Waals surface area (Å²) in [6.45, 7) is 4.21. The molecule has 0 radical (unpaired) electrons. The number of aliphatic hydroxyl groups is 1. The van der Waals surface area contributed by atoms with Gasteiger partial charge in [-0.05, 0) is 53.1 Å². The van der Waals surface area contributed by atoms with Crippen LogP contribution < -0.4 is 0 Å². The average Bonchev–Trinajstić information content (AvgIpc) is 2.23. The SMILES string of the molecule is CC1(C)CCCC(O)(c2ccc(Br)c(Cl)c2F)C1. The van der Waals surface area contributed by atoms with Crippen molar-refractivity contribution in [2.24, 2.45) is 5.41 Å². The third-order valence-corrected chi connectivity index (χ3v) is 5.01. The Hall–Kier alpha value is -0.120. The lowest BCUT2D eigenvalue weighted by Gasteiger charge is -2.42. The van der Waals surface area contributed by atoms with Crippen molar-refractivity contribution in [1.82, 2.24) is 0 Å². The summed E-state index contributed by atoms with van der Waals surface area (Å²) in [5.41, 5.74) is -0.752. The molecule has 0 bridgehead atoms. The molecule has 0 aromatic heterocycles. The molecule has 100 valence electrons. The molecule has 1 saturated carbocycles. The fourth-order valence-electron chi connectivity index (χ4n) is 2.94. The van der Waals surface area contributed by atoms with E-state index in [9.17, 15) is 9.50 Å². The topological polar surface area (TPSA) is 20.2 Å². The standard InChI is InChI=1S/C14H17BrClFO/c1-13(2)6-3-7-14(18,8-13)9-4-5-10(15)11(16)12(9)17/h4-5,18H,3,6-8H2,1-2H3. The molecular weight excluding hydrogens is 319 g/mol. The summed E-state index contributed by atoms with van der Waals surface area (Å²) in [6.07, 6.45) is 3.11. The Bertz CT molecular complexity index is 475. The van der Waals surface area contributed by atoms with E-state index < -0.39 is 11.4 Å². The van der Waals surface area contributed by atoms with Crippen LogP contribution in [0.25, 0.3) is 0 Å². The minimum Gasteiger partial charge on any atom is -0.385 e. The molecule has 1 aromatic rings. The van der Waals surface area contributed by atoms with E-state index >= 15 is 0 Å². The number of halogens is 3. The van der Waals surface area contributed by atoms with Gasteiger partial charge in [-0.25, -0.2) is 4.39 Å². The van der Waals surface area contributed by atoms with Crippen LogP contribution in [-0.2, 0) is 5.60 Å². The zero-order valence-corrected chi connectivity index (χ0v) is 12.9. The van der Waals surface area contributed by atoms with Crippen LogP contribution in [0.15, 0.2) is 16.6 Å². The molecule has 0 spiro atoms. The monoisotopic (exact) mass is 334 g/mol. The lowest BCUT2D eigenvalue weighted by atomic mass is 9.67. The van der Waals surface area contributed by atoms with Gasteiger partial charge in [0.15, 0.2) is 0 Å². The first-order valence-corrected chi connectivity index (χ1v) is 7.29. The molecule has 0 aliphatic heterocycles. The van der Waals surface area contributed by atoms with Gasteiger partial charge in [0.2, 0.25) is 0 Å². The predicted molar refractivity (Wildman–Crippen MR) is 75.3 cm³/mol. The third kappa shape index (κ3) is 2.59. The van der Waals surface area contributed by atoms with Crippen molar-refractivity contribution in [3.8, 4) is 0 Å². The van der Waals surface area contributed by atoms with Crippen LogP contribution in [0.5, 0.6) is 0 Å². The Kier molecular flexibility index (Phi) is 3.79. The Labute approximate surface area is 120 Å². The van der Waals surface area contributed by atoms with Gasteiger partial charge < -0.3 is 5.11 Å². The minimum atomic E-state index is -1.10. The second kappa shape index (κ2) is 4.77. The molecule has 0 saturated heterocycles. The van der Waals surface area contributed by atoms with E-state index in [1.54, 1.807) is 12.1 Å². The largest absolute Gasteiger partial charge is 0.385 e. The normalized spacial score (nSPS) is 27.2. The summed E-state index contributed by atoms with van der Waals surface area (Å²) in [6, 6.07) is 3.33. The molecule has 1 unspecified atom stereocenters. The molecule has 4 heteroatoms. The van der Waals surface area contributed by atoms with Crippen molar-refractivity contribution < 1.29 is 9.50 Å². The van der Waals surface area contributed by atoms with Gasteiger partial charge >= 0.3 is 0 Å². The summed E-state index contributed by atoms with van der Waals surface area (Å²) in [4.78, 5) is 0. The summed E-state index contributed by atoms with van der Waals surface area (Å²) in [5.74, 6) is -0.508. The van der Waals surface area contributed by atoms with Gasteiger partial charge in [0, 0.05) is 10.0 Å². The maximum atomic E-state index is 14.2. The number of benzene rings is 1. The Morgan fingerprint density at radius 2 is 2.00 bits per heavy atom.